The van der Waals surface area contributed by atoms with Crippen LogP contribution in [0.2, 0.25) is 0 Å². The van der Waals surface area contributed by atoms with Gasteiger partial charge in [0.2, 0.25) is 0 Å². The standard InChI is InChI=1S/C11H16N2O2/c1-4-7-10-8(12-14)5-11(2,3)6-9(10)15-13-7/h14H,4-6H2,1-3H3/b12-8+. The molecule has 0 saturated carbocycles. The largest absolute Gasteiger partial charge is 0.411 e. The molecule has 4 heteroatoms. The lowest BCUT2D eigenvalue weighted by Crippen LogP contribution is -2.27. The summed E-state index contributed by atoms with van der Waals surface area (Å²) in [4.78, 5) is 0. The van der Waals surface area contributed by atoms with Crippen LogP contribution in [0, 0.1) is 5.41 Å². The topological polar surface area (TPSA) is 58.6 Å². The number of aromatic nitrogens is 1. The summed E-state index contributed by atoms with van der Waals surface area (Å²) in [5.41, 5.74) is 2.62. The molecule has 0 unspecified atom stereocenters. The van der Waals surface area contributed by atoms with Gasteiger partial charge in [-0.2, -0.15) is 0 Å². The average molecular weight is 208 g/mol. The molecule has 0 saturated heterocycles. The van der Waals surface area contributed by atoms with E-state index in [-0.39, 0.29) is 5.41 Å². The first-order valence-corrected chi connectivity index (χ1v) is 5.26. The van der Waals surface area contributed by atoms with Crippen LogP contribution in [0.25, 0.3) is 0 Å². The SMILES string of the molecule is CCc1noc2c1/C(=N/O)CC(C)(C)C2. The lowest BCUT2D eigenvalue weighted by Gasteiger charge is -2.28. The second-order valence-electron chi connectivity index (χ2n) is 4.85. The maximum atomic E-state index is 9.03. The van der Waals surface area contributed by atoms with Crippen molar-refractivity contribution in [2.45, 2.75) is 40.0 Å². The van der Waals surface area contributed by atoms with Crippen LogP contribution in [0.3, 0.4) is 0 Å². The molecule has 15 heavy (non-hydrogen) atoms. The van der Waals surface area contributed by atoms with Crippen LogP contribution in [0.5, 0.6) is 0 Å². The Hall–Kier alpha value is -1.32. The van der Waals surface area contributed by atoms with Crippen LogP contribution in [-0.2, 0) is 12.8 Å². The minimum atomic E-state index is 0.0824. The zero-order chi connectivity index (χ0) is 11.1. The van der Waals surface area contributed by atoms with Crippen LogP contribution >= 0.6 is 0 Å². The van der Waals surface area contributed by atoms with E-state index in [0.717, 1.165) is 36.3 Å². The molecule has 1 N–H and O–H groups in total. The van der Waals surface area contributed by atoms with Gasteiger partial charge in [0, 0.05) is 6.42 Å². The van der Waals surface area contributed by atoms with Crippen molar-refractivity contribution in [3.05, 3.63) is 17.0 Å². The van der Waals surface area contributed by atoms with Gasteiger partial charge in [-0.1, -0.05) is 31.1 Å². The van der Waals surface area contributed by atoms with E-state index in [1.54, 1.807) is 0 Å². The van der Waals surface area contributed by atoms with E-state index < -0.39 is 0 Å². The van der Waals surface area contributed by atoms with Crippen molar-refractivity contribution in [3.8, 4) is 0 Å². The minimum absolute atomic E-state index is 0.0824. The molecule has 0 amide bonds. The van der Waals surface area contributed by atoms with E-state index in [9.17, 15) is 0 Å². The zero-order valence-corrected chi connectivity index (χ0v) is 9.37. The normalized spacial score (nSPS) is 21.7. The summed E-state index contributed by atoms with van der Waals surface area (Å²) in [6.07, 6.45) is 2.43. The van der Waals surface area contributed by atoms with Crippen molar-refractivity contribution in [2.75, 3.05) is 0 Å². The Balaban J connectivity index is 2.52. The fourth-order valence-electron chi connectivity index (χ4n) is 2.18. The molecule has 0 fully saturated rings. The second kappa shape index (κ2) is 3.36. The molecule has 4 nitrogen and oxygen atoms in total. The monoisotopic (exact) mass is 208 g/mol. The number of rotatable bonds is 1. The van der Waals surface area contributed by atoms with Gasteiger partial charge in [0.15, 0.2) is 0 Å². The highest BCUT2D eigenvalue weighted by atomic mass is 16.5. The van der Waals surface area contributed by atoms with E-state index >= 15 is 0 Å². The van der Waals surface area contributed by atoms with Crippen LogP contribution in [-0.4, -0.2) is 16.1 Å². The Morgan fingerprint density at radius 2 is 2.20 bits per heavy atom. The van der Waals surface area contributed by atoms with E-state index in [1.165, 1.54) is 0 Å². The molecule has 1 aliphatic rings. The van der Waals surface area contributed by atoms with Crippen LogP contribution in [0.1, 0.15) is 44.2 Å². The average Bonchev–Trinajstić information content (AvgIpc) is 2.57. The molecule has 2 rings (SSSR count). The van der Waals surface area contributed by atoms with Gasteiger partial charge < -0.3 is 9.73 Å². The van der Waals surface area contributed by atoms with Gasteiger partial charge in [0.1, 0.15) is 5.76 Å². The molecule has 1 aromatic rings. The summed E-state index contributed by atoms with van der Waals surface area (Å²) in [5, 5.41) is 16.4. The molecule has 1 aliphatic carbocycles. The van der Waals surface area contributed by atoms with Crippen molar-refractivity contribution in [2.24, 2.45) is 10.6 Å². The Labute approximate surface area is 89.0 Å². The summed E-state index contributed by atoms with van der Waals surface area (Å²) < 4.78 is 5.30. The fourth-order valence-corrected chi connectivity index (χ4v) is 2.18. The van der Waals surface area contributed by atoms with Gasteiger partial charge in [0.05, 0.1) is 17.0 Å². The van der Waals surface area contributed by atoms with Crippen molar-refractivity contribution in [1.29, 1.82) is 0 Å². The van der Waals surface area contributed by atoms with E-state index in [0.29, 0.717) is 5.71 Å². The Bertz CT molecular complexity index is 405. The third-order valence-electron chi connectivity index (χ3n) is 2.86. The Morgan fingerprint density at radius 1 is 1.47 bits per heavy atom. The quantitative estimate of drug-likeness (QED) is 0.569. The van der Waals surface area contributed by atoms with Crippen LogP contribution < -0.4 is 0 Å². The lowest BCUT2D eigenvalue weighted by molar-refractivity contribution is 0.284. The van der Waals surface area contributed by atoms with Crippen molar-refractivity contribution < 1.29 is 9.73 Å². The van der Waals surface area contributed by atoms with E-state index in [4.69, 9.17) is 9.73 Å². The van der Waals surface area contributed by atoms with Crippen molar-refractivity contribution in [3.63, 3.8) is 0 Å². The molecule has 0 atom stereocenters. The minimum Gasteiger partial charge on any atom is -0.411 e. The number of hydrogen-bond donors (Lipinski definition) is 1. The maximum absolute atomic E-state index is 9.03. The third-order valence-corrected chi connectivity index (χ3v) is 2.86. The third kappa shape index (κ3) is 1.64. The molecule has 0 aliphatic heterocycles. The maximum Gasteiger partial charge on any atom is 0.146 e. The summed E-state index contributed by atoms with van der Waals surface area (Å²) in [6, 6.07) is 0. The van der Waals surface area contributed by atoms with Crippen molar-refractivity contribution in [1.82, 2.24) is 5.16 Å². The highest BCUT2D eigenvalue weighted by molar-refractivity contribution is 6.03. The van der Waals surface area contributed by atoms with Crippen LogP contribution in [0.15, 0.2) is 9.68 Å². The Kier molecular flexibility index (Phi) is 2.29. The summed E-state index contributed by atoms with van der Waals surface area (Å²) in [7, 11) is 0. The summed E-state index contributed by atoms with van der Waals surface area (Å²) >= 11 is 0. The summed E-state index contributed by atoms with van der Waals surface area (Å²) in [5.74, 6) is 0.857. The second-order valence-corrected chi connectivity index (χ2v) is 4.85. The number of oxime groups is 1. The zero-order valence-electron chi connectivity index (χ0n) is 9.37. The van der Waals surface area contributed by atoms with E-state index in [2.05, 4.69) is 24.2 Å². The fraction of sp³-hybridized carbons (Fsp3) is 0.636. The van der Waals surface area contributed by atoms with Gasteiger partial charge in [-0.15, -0.1) is 0 Å². The molecule has 0 bridgehead atoms. The predicted molar refractivity (Wildman–Crippen MR) is 56.3 cm³/mol. The van der Waals surface area contributed by atoms with Gasteiger partial charge in [0.25, 0.3) is 0 Å². The molecule has 0 spiro atoms. The Morgan fingerprint density at radius 3 is 2.80 bits per heavy atom. The smallest absolute Gasteiger partial charge is 0.146 e. The number of hydrogen-bond acceptors (Lipinski definition) is 4. The first-order chi connectivity index (χ1) is 7.07. The highest BCUT2D eigenvalue weighted by Gasteiger charge is 2.34. The highest BCUT2D eigenvalue weighted by Crippen LogP contribution is 2.36. The molecule has 1 aromatic heterocycles. The number of nitrogens with zero attached hydrogens (tertiary/aromatic N) is 2. The first kappa shape index (κ1) is 10.2. The first-order valence-electron chi connectivity index (χ1n) is 5.26. The molecular formula is C11H16N2O2. The molecule has 1 heterocycles. The number of aryl methyl sites for hydroxylation is 1. The molecule has 0 aromatic carbocycles. The molecule has 82 valence electrons. The van der Waals surface area contributed by atoms with Gasteiger partial charge in [-0.3, -0.25) is 0 Å². The summed E-state index contributed by atoms with van der Waals surface area (Å²) in [6.45, 7) is 6.29. The number of fused-ring (bicyclic) bond motifs is 1. The molecule has 0 radical (unpaired) electrons. The molecular weight excluding hydrogens is 192 g/mol. The van der Waals surface area contributed by atoms with E-state index in [1.807, 2.05) is 6.92 Å². The van der Waals surface area contributed by atoms with Crippen LogP contribution in [0.4, 0.5) is 0 Å². The van der Waals surface area contributed by atoms with Gasteiger partial charge >= 0.3 is 0 Å². The van der Waals surface area contributed by atoms with Crippen molar-refractivity contribution >= 4 is 5.71 Å². The van der Waals surface area contributed by atoms with Gasteiger partial charge in [-0.25, -0.2) is 0 Å². The van der Waals surface area contributed by atoms with Gasteiger partial charge in [-0.05, 0) is 18.3 Å². The lowest BCUT2D eigenvalue weighted by atomic mass is 9.75. The predicted octanol–water partition coefficient (Wildman–Crippen LogP) is 2.39.